The van der Waals surface area contributed by atoms with E-state index in [1.54, 1.807) is 14.2 Å². The maximum Gasteiger partial charge on any atom is 0.310 e. The molecule has 2 aliphatic carbocycles. The van der Waals surface area contributed by atoms with Crippen LogP contribution in [0.4, 0.5) is 0 Å². The molecule has 0 aromatic heterocycles. The van der Waals surface area contributed by atoms with Crippen LogP contribution in [0.1, 0.15) is 51.0 Å². The van der Waals surface area contributed by atoms with E-state index in [1.165, 1.54) is 12.8 Å². The van der Waals surface area contributed by atoms with Crippen LogP contribution < -0.4 is 9.47 Å². The summed E-state index contributed by atoms with van der Waals surface area (Å²) >= 11 is 0. The summed E-state index contributed by atoms with van der Waals surface area (Å²) in [5.41, 5.74) is 1.36. The lowest BCUT2D eigenvalue weighted by molar-refractivity contribution is -0.147. The van der Waals surface area contributed by atoms with Crippen LogP contribution >= 0.6 is 0 Å². The van der Waals surface area contributed by atoms with Crippen LogP contribution in [0, 0.1) is 23.2 Å². The summed E-state index contributed by atoms with van der Waals surface area (Å²) in [4.78, 5) is 15.4. The zero-order valence-corrected chi connectivity index (χ0v) is 20.8. The number of rotatable bonds is 9. The summed E-state index contributed by atoms with van der Waals surface area (Å²) in [6, 6.07) is 5.94. The average molecular weight is 474 g/mol. The number of epoxide rings is 1. The maximum atomic E-state index is 13.1. The predicted molar refractivity (Wildman–Crippen MR) is 127 cm³/mol. The molecule has 0 bridgehead atoms. The van der Waals surface area contributed by atoms with Gasteiger partial charge in [0, 0.05) is 32.2 Å². The fourth-order valence-electron chi connectivity index (χ4n) is 7.21. The number of nitrogens with zero attached hydrogens (tertiary/aromatic N) is 1. The highest BCUT2D eigenvalue weighted by Crippen LogP contribution is 2.62. The molecule has 5 rings (SSSR count). The molecule has 4 aliphatic rings. The number of fused-ring (bicyclic) bond motifs is 3. The Morgan fingerprint density at radius 1 is 1.21 bits per heavy atom. The molecule has 7 nitrogen and oxygen atoms in total. The minimum Gasteiger partial charge on any atom is -0.493 e. The topological polar surface area (TPSA) is 80.8 Å². The van der Waals surface area contributed by atoms with Crippen LogP contribution in [0.15, 0.2) is 18.2 Å². The normalized spacial score (nSPS) is 36.2. The van der Waals surface area contributed by atoms with E-state index in [1.807, 2.05) is 18.2 Å². The molecule has 1 aromatic rings. The van der Waals surface area contributed by atoms with Crippen LogP contribution in [0.3, 0.4) is 0 Å². The molecule has 34 heavy (non-hydrogen) atoms. The Morgan fingerprint density at radius 2 is 2.00 bits per heavy atom. The Bertz CT molecular complexity index is 901. The summed E-state index contributed by atoms with van der Waals surface area (Å²) < 4.78 is 22.9. The van der Waals surface area contributed by atoms with E-state index < -0.39 is 0 Å². The second kappa shape index (κ2) is 9.32. The van der Waals surface area contributed by atoms with Crippen molar-refractivity contribution in [3.8, 4) is 11.5 Å². The molecule has 0 radical (unpaired) electrons. The molecular formula is C27H39NO6. The van der Waals surface area contributed by atoms with Crippen LogP contribution in [-0.4, -0.2) is 68.2 Å². The minimum atomic E-state index is -0.133. The largest absolute Gasteiger partial charge is 0.493 e. The lowest BCUT2D eigenvalue weighted by Crippen LogP contribution is -2.51. The van der Waals surface area contributed by atoms with Crippen LogP contribution in [0.5, 0.6) is 11.5 Å². The summed E-state index contributed by atoms with van der Waals surface area (Å²) in [7, 11) is 3.27. The zero-order valence-electron chi connectivity index (χ0n) is 20.8. The van der Waals surface area contributed by atoms with E-state index >= 15 is 0 Å². The van der Waals surface area contributed by atoms with Gasteiger partial charge in [0.15, 0.2) is 11.5 Å². The number of hydrogen-bond acceptors (Lipinski definition) is 7. The Morgan fingerprint density at radius 3 is 2.71 bits per heavy atom. The molecule has 0 amide bonds. The number of hydrogen-bond donors (Lipinski definition) is 1. The maximum absolute atomic E-state index is 13.1. The number of carbonyl (C=O) groups excluding carboxylic acids is 1. The Labute approximate surface area is 202 Å². The first-order valence-electron chi connectivity index (χ1n) is 12.8. The molecule has 2 aliphatic heterocycles. The molecule has 0 unspecified atom stereocenters. The monoisotopic (exact) mass is 473 g/mol. The number of carbonyl (C=O) groups is 1. The third-order valence-electron chi connectivity index (χ3n) is 9.02. The van der Waals surface area contributed by atoms with Gasteiger partial charge in [0.05, 0.1) is 32.3 Å². The zero-order chi connectivity index (χ0) is 23.9. The average Bonchev–Trinajstić information content (AvgIpc) is 3.53. The summed E-state index contributed by atoms with van der Waals surface area (Å²) in [6.45, 7) is 5.44. The van der Waals surface area contributed by atoms with Crippen molar-refractivity contribution in [1.29, 1.82) is 0 Å². The first-order valence-corrected chi connectivity index (χ1v) is 12.8. The van der Waals surface area contributed by atoms with E-state index in [-0.39, 0.29) is 41.5 Å². The summed E-state index contributed by atoms with van der Waals surface area (Å²) in [6.07, 6.45) is 6.24. The van der Waals surface area contributed by atoms with Gasteiger partial charge in [-0.3, -0.25) is 9.69 Å². The molecule has 6 atom stereocenters. The van der Waals surface area contributed by atoms with E-state index in [2.05, 4.69) is 11.8 Å². The SMILES string of the molecule is COc1ccc(CN(CCCO)C[C@@H]2C(=O)O[C@@H]3C[C@]4(C)CCC[C@]5(CO5)[C@@H]4C[C@@H]23)cc1OC. The first kappa shape index (κ1) is 23.9. The fraction of sp³-hybridized carbons (Fsp3) is 0.741. The highest BCUT2D eigenvalue weighted by molar-refractivity contribution is 5.75. The van der Waals surface area contributed by atoms with Gasteiger partial charge in [-0.25, -0.2) is 0 Å². The third-order valence-corrected chi connectivity index (χ3v) is 9.02. The van der Waals surface area contributed by atoms with Crippen LogP contribution in [0.2, 0.25) is 0 Å². The van der Waals surface area contributed by atoms with Crippen molar-refractivity contribution in [2.75, 3.05) is 40.5 Å². The molecule has 2 heterocycles. The van der Waals surface area contributed by atoms with Gasteiger partial charge in [0.25, 0.3) is 0 Å². The molecular weight excluding hydrogens is 434 g/mol. The third kappa shape index (κ3) is 4.31. The second-order valence-corrected chi connectivity index (χ2v) is 11.1. The number of benzene rings is 1. The van der Waals surface area contributed by atoms with Crippen molar-refractivity contribution in [3.63, 3.8) is 0 Å². The molecule has 2 saturated carbocycles. The first-order chi connectivity index (χ1) is 16.4. The highest BCUT2D eigenvalue weighted by Gasteiger charge is 2.65. The van der Waals surface area contributed by atoms with E-state index in [0.717, 1.165) is 38.0 Å². The molecule has 1 spiro atoms. The summed E-state index contributed by atoms with van der Waals surface area (Å²) in [5.74, 6) is 1.97. The number of esters is 1. The van der Waals surface area contributed by atoms with Crippen molar-refractivity contribution in [2.24, 2.45) is 23.2 Å². The number of methoxy groups -OCH3 is 2. The molecule has 1 aromatic carbocycles. The number of aliphatic hydroxyl groups is 1. The van der Waals surface area contributed by atoms with E-state index in [9.17, 15) is 9.90 Å². The highest BCUT2D eigenvalue weighted by atomic mass is 16.6. The van der Waals surface area contributed by atoms with Gasteiger partial charge >= 0.3 is 5.97 Å². The number of aliphatic hydroxyl groups excluding tert-OH is 1. The Kier molecular flexibility index (Phi) is 6.55. The smallest absolute Gasteiger partial charge is 0.310 e. The molecule has 1 N–H and O–H groups in total. The van der Waals surface area contributed by atoms with Gasteiger partial charge in [-0.1, -0.05) is 13.0 Å². The van der Waals surface area contributed by atoms with E-state index in [4.69, 9.17) is 18.9 Å². The molecule has 188 valence electrons. The Balaban J connectivity index is 1.33. The van der Waals surface area contributed by atoms with Gasteiger partial charge in [0.2, 0.25) is 0 Å². The number of ether oxygens (including phenoxy) is 4. The van der Waals surface area contributed by atoms with E-state index in [0.29, 0.717) is 36.9 Å². The van der Waals surface area contributed by atoms with Gasteiger partial charge in [-0.2, -0.15) is 0 Å². The molecule has 7 heteroatoms. The lowest BCUT2D eigenvalue weighted by atomic mass is 9.53. The van der Waals surface area contributed by atoms with Crippen molar-refractivity contribution in [2.45, 2.75) is 63.7 Å². The second-order valence-electron chi connectivity index (χ2n) is 11.1. The van der Waals surface area contributed by atoms with Crippen LogP contribution in [0.25, 0.3) is 0 Å². The van der Waals surface area contributed by atoms with Crippen molar-refractivity contribution in [3.05, 3.63) is 23.8 Å². The van der Waals surface area contributed by atoms with Gasteiger partial charge in [-0.15, -0.1) is 0 Å². The predicted octanol–water partition coefficient (Wildman–Crippen LogP) is 3.42. The van der Waals surface area contributed by atoms with Crippen molar-refractivity contribution in [1.82, 2.24) is 4.90 Å². The van der Waals surface area contributed by atoms with Crippen LogP contribution in [-0.2, 0) is 20.8 Å². The molecule has 4 fully saturated rings. The van der Waals surface area contributed by atoms with Gasteiger partial charge in [-0.05, 0) is 67.6 Å². The summed E-state index contributed by atoms with van der Waals surface area (Å²) in [5, 5.41) is 9.49. The Hall–Kier alpha value is -1.83. The minimum absolute atomic E-state index is 0.0217. The lowest BCUT2D eigenvalue weighted by Gasteiger charge is -2.51. The quantitative estimate of drug-likeness (QED) is 0.435. The van der Waals surface area contributed by atoms with Crippen molar-refractivity contribution >= 4 is 5.97 Å². The molecule has 2 saturated heterocycles. The standard InChI is InChI=1S/C27H39NO6/c1-26-8-4-9-27(17-33-27)24(26)13-19-20(25(30)34-23(19)14-26)16-28(10-5-11-29)15-18-6-7-21(31-2)22(12-18)32-3/h6-7,12,19-20,23-24,29H,4-5,8-11,13-17H2,1-3H3/t19-,20-,23+,24+,26-,27-/m0/s1. The van der Waals surface area contributed by atoms with Gasteiger partial charge in [0.1, 0.15) is 6.10 Å². The van der Waals surface area contributed by atoms with Gasteiger partial charge < -0.3 is 24.1 Å². The van der Waals surface area contributed by atoms with Crippen molar-refractivity contribution < 1.29 is 28.8 Å². The fourth-order valence-corrected chi connectivity index (χ4v) is 7.21.